The van der Waals surface area contributed by atoms with E-state index >= 15 is 0 Å². The number of rotatable bonds is 4. The third kappa shape index (κ3) is 2.81. The second kappa shape index (κ2) is 5.37. The van der Waals surface area contributed by atoms with Crippen LogP contribution in [0.4, 0.5) is 0 Å². The topological polar surface area (TPSA) is 44.9 Å². The van der Waals surface area contributed by atoms with Gasteiger partial charge in [-0.3, -0.25) is 4.99 Å². The minimum absolute atomic E-state index is 0.296. The molecule has 2 N–H and O–H groups in total. The molecule has 0 bridgehead atoms. The van der Waals surface area contributed by atoms with E-state index in [-0.39, 0.29) is 0 Å². The molecule has 2 rings (SSSR count). The molecule has 1 unspecified atom stereocenters. The molecule has 2 heterocycles. The van der Waals surface area contributed by atoms with Gasteiger partial charge in [-0.05, 0) is 41.5 Å². The van der Waals surface area contributed by atoms with Gasteiger partial charge < -0.3 is 15.5 Å². The maximum atomic E-state index is 5.96. The molecular formula is C11H17BrN4S. The van der Waals surface area contributed by atoms with Crippen molar-refractivity contribution in [3.8, 4) is 0 Å². The predicted octanol–water partition coefficient (Wildman–Crippen LogP) is 1.74. The van der Waals surface area contributed by atoms with Crippen molar-refractivity contribution in [2.24, 2.45) is 10.7 Å². The second-order valence-electron chi connectivity index (χ2n) is 4.34. The van der Waals surface area contributed by atoms with Crippen molar-refractivity contribution in [2.45, 2.75) is 6.04 Å². The highest BCUT2D eigenvalue weighted by Crippen LogP contribution is 2.34. The quantitative estimate of drug-likeness (QED) is 0.920. The van der Waals surface area contributed by atoms with Crippen LogP contribution in [0.1, 0.15) is 10.9 Å². The summed E-state index contributed by atoms with van der Waals surface area (Å²) in [6.07, 6.45) is 0. The van der Waals surface area contributed by atoms with E-state index in [2.05, 4.69) is 56.3 Å². The zero-order chi connectivity index (χ0) is 12.4. The smallest absolute Gasteiger partial charge is 0.191 e. The molecule has 1 aliphatic heterocycles. The van der Waals surface area contributed by atoms with E-state index in [1.54, 1.807) is 11.3 Å². The number of thiophene rings is 1. The lowest BCUT2D eigenvalue weighted by Crippen LogP contribution is -2.40. The molecule has 0 amide bonds. The molecule has 0 spiro atoms. The van der Waals surface area contributed by atoms with Crippen molar-refractivity contribution >= 4 is 33.2 Å². The molecule has 0 aliphatic carbocycles. The monoisotopic (exact) mass is 316 g/mol. The molecular weight excluding hydrogens is 300 g/mol. The van der Waals surface area contributed by atoms with Gasteiger partial charge in [0.1, 0.15) is 0 Å². The first kappa shape index (κ1) is 12.9. The normalized spacial score (nSPS) is 20.1. The van der Waals surface area contributed by atoms with Crippen molar-refractivity contribution in [2.75, 3.05) is 33.7 Å². The van der Waals surface area contributed by atoms with Crippen LogP contribution in [-0.4, -0.2) is 49.5 Å². The lowest BCUT2D eigenvalue weighted by Gasteiger charge is -2.27. The van der Waals surface area contributed by atoms with Crippen molar-refractivity contribution in [1.82, 2.24) is 9.80 Å². The van der Waals surface area contributed by atoms with Crippen molar-refractivity contribution in [3.63, 3.8) is 0 Å². The fourth-order valence-electron chi connectivity index (χ4n) is 1.87. The highest BCUT2D eigenvalue weighted by atomic mass is 79.9. The third-order valence-corrected chi connectivity index (χ3v) is 4.80. The van der Waals surface area contributed by atoms with E-state index in [9.17, 15) is 0 Å². The summed E-state index contributed by atoms with van der Waals surface area (Å²) in [5.74, 6) is 0.664. The predicted molar refractivity (Wildman–Crippen MR) is 76.5 cm³/mol. The van der Waals surface area contributed by atoms with Crippen LogP contribution in [0, 0.1) is 0 Å². The highest BCUT2D eigenvalue weighted by Gasteiger charge is 2.29. The van der Waals surface area contributed by atoms with Crippen molar-refractivity contribution < 1.29 is 0 Å². The van der Waals surface area contributed by atoms with Crippen LogP contribution < -0.4 is 5.73 Å². The third-order valence-electron chi connectivity index (χ3n) is 2.83. The van der Waals surface area contributed by atoms with Gasteiger partial charge in [0.25, 0.3) is 0 Å². The van der Waals surface area contributed by atoms with E-state index in [1.165, 1.54) is 4.88 Å². The van der Waals surface area contributed by atoms with Gasteiger partial charge in [-0.1, -0.05) is 0 Å². The van der Waals surface area contributed by atoms with Crippen LogP contribution in [0.25, 0.3) is 0 Å². The summed E-state index contributed by atoms with van der Waals surface area (Å²) in [4.78, 5) is 10.0. The maximum absolute atomic E-state index is 5.96. The molecule has 1 aliphatic rings. The van der Waals surface area contributed by atoms with E-state index in [4.69, 9.17) is 5.73 Å². The Morgan fingerprint density at radius 3 is 3.00 bits per heavy atom. The molecule has 4 nitrogen and oxygen atoms in total. The molecule has 0 saturated heterocycles. The maximum Gasteiger partial charge on any atom is 0.191 e. The summed E-state index contributed by atoms with van der Waals surface area (Å²) in [6.45, 7) is 2.66. The Morgan fingerprint density at radius 1 is 1.65 bits per heavy atom. The molecule has 1 atom stereocenters. The van der Waals surface area contributed by atoms with Crippen LogP contribution in [0.2, 0.25) is 0 Å². The van der Waals surface area contributed by atoms with Gasteiger partial charge in [-0.2, -0.15) is 0 Å². The Morgan fingerprint density at radius 2 is 2.41 bits per heavy atom. The Balaban J connectivity index is 2.10. The second-order valence-corrected chi connectivity index (χ2v) is 6.15. The molecule has 6 heteroatoms. The van der Waals surface area contributed by atoms with Crippen LogP contribution in [0.15, 0.2) is 20.9 Å². The number of likely N-dealkylation sites (N-methyl/N-ethyl adjacent to an activating group) is 1. The fraction of sp³-hybridized carbons (Fsp3) is 0.545. The Hall–Kier alpha value is -0.590. The average molecular weight is 317 g/mol. The summed E-state index contributed by atoms with van der Waals surface area (Å²) in [6, 6.07) is 2.38. The number of halogens is 1. The largest absolute Gasteiger partial charge is 0.370 e. The molecule has 17 heavy (non-hydrogen) atoms. The van der Waals surface area contributed by atoms with Gasteiger partial charge in [0.2, 0.25) is 0 Å². The van der Waals surface area contributed by atoms with Gasteiger partial charge in [-0.25, -0.2) is 0 Å². The van der Waals surface area contributed by atoms with Gasteiger partial charge >= 0.3 is 0 Å². The summed E-state index contributed by atoms with van der Waals surface area (Å²) >= 11 is 5.34. The first-order chi connectivity index (χ1) is 8.09. The van der Waals surface area contributed by atoms with Gasteiger partial charge in [0.15, 0.2) is 5.96 Å². The summed E-state index contributed by atoms with van der Waals surface area (Å²) < 4.78 is 1.16. The zero-order valence-electron chi connectivity index (χ0n) is 10.1. The van der Waals surface area contributed by atoms with E-state index in [0.29, 0.717) is 12.0 Å². The van der Waals surface area contributed by atoms with Gasteiger partial charge in [-0.15, -0.1) is 11.3 Å². The number of aliphatic imine (C=N–C) groups is 1. The van der Waals surface area contributed by atoms with Crippen LogP contribution >= 0.6 is 27.3 Å². The first-order valence-corrected chi connectivity index (χ1v) is 7.21. The molecule has 0 fully saturated rings. The molecule has 0 aromatic carbocycles. The van der Waals surface area contributed by atoms with Crippen molar-refractivity contribution in [3.05, 3.63) is 20.8 Å². The minimum atomic E-state index is 0.296. The molecule has 94 valence electrons. The van der Waals surface area contributed by atoms with E-state index in [1.807, 2.05) is 0 Å². The average Bonchev–Trinajstić information content (AvgIpc) is 2.82. The number of hydrogen-bond acceptors (Lipinski definition) is 5. The Bertz CT molecular complexity index is 415. The Kier molecular flexibility index (Phi) is 4.06. The van der Waals surface area contributed by atoms with Crippen LogP contribution in [0.3, 0.4) is 0 Å². The van der Waals surface area contributed by atoms with Gasteiger partial charge in [0.05, 0.1) is 12.6 Å². The van der Waals surface area contributed by atoms with Crippen LogP contribution in [-0.2, 0) is 0 Å². The molecule has 0 radical (unpaired) electrons. The number of guanidine groups is 1. The van der Waals surface area contributed by atoms with E-state index in [0.717, 1.165) is 24.1 Å². The first-order valence-electron chi connectivity index (χ1n) is 5.53. The SMILES string of the molecule is CN(C)CCN1C(N)=NCC1c1sccc1Br. The minimum Gasteiger partial charge on any atom is -0.370 e. The van der Waals surface area contributed by atoms with Gasteiger partial charge in [0, 0.05) is 22.4 Å². The fourth-order valence-corrected chi connectivity index (χ4v) is 3.62. The highest BCUT2D eigenvalue weighted by molar-refractivity contribution is 9.10. The number of nitrogens with two attached hydrogens (primary N) is 1. The zero-order valence-corrected chi connectivity index (χ0v) is 12.5. The standard InChI is InChI=1S/C11H17BrN4S/c1-15(2)4-5-16-9(7-14-11(16)13)10-8(12)3-6-17-10/h3,6,9H,4-5,7H2,1-2H3,(H2,13,14). The van der Waals surface area contributed by atoms with Crippen molar-refractivity contribution in [1.29, 1.82) is 0 Å². The molecule has 1 aromatic rings. The number of nitrogens with zero attached hydrogens (tertiary/aromatic N) is 3. The Labute approximate surface area is 114 Å². The summed E-state index contributed by atoms with van der Waals surface area (Å²) in [7, 11) is 4.14. The molecule has 1 aromatic heterocycles. The number of hydrogen-bond donors (Lipinski definition) is 1. The summed E-state index contributed by atoms with van der Waals surface area (Å²) in [5, 5.41) is 2.10. The lowest BCUT2D eigenvalue weighted by atomic mass is 10.2. The molecule has 0 saturated carbocycles. The lowest BCUT2D eigenvalue weighted by molar-refractivity contribution is 0.295. The van der Waals surface area contributed by atoms with Crippen LogP contribution in [0.5, 0.6) is 0 Å². The summed E-state index contributed by atoms with van der Waals surface area (Å²) in [5.41, 5.74) is 5.96. The van der Waals surface area contributed by atoms with E-state index < -0.39 is 0 Å².